The Hall–Kier alpha value is -1.23. The first-order chi connectivity index (χ1) is 9.31. The molecular formula is C15H21N3S. The molecule has 2 aromatic rings. The van der Waals surface area contributed by atoms with Crippen molar-refractivity contribution in [3.8, 4) is 0 Å². The fourth-order valence-corrected chi connectivity index (χ4v) is 2.81. The van der Waals surface area contributed by atoms with Crippen molar-refractivity contribution in [2.45, 2.75) is 25.8 Å². The zero-order valence-corrected chi connectivity index (χ0v) is 12.1. The molecule has 1 atom stereocenters. The molecule has 0 saturated heterocycles. The Morgan fingerprint density at radius 2 is 2.11 bits per heavy atom. The van der Waals surface area contributed by atoms with E-state index < -0.39 is 0 Å². The molecule has 1 heterocycles. The Bertz CT molecular complexity index is 482. The van der Waals surface area contributed by atoms with Crippen molar-refractivity contribution in [2.75, 3.05) is 13.1 Å². The van der Waals surface area contributed by atoms with Crippen molar-refractivity contribution >= 4 is 11.3 Å². The number of hydrogen-bond donors (Lipinski definition) is 2. The molecule has 0 fully saturated rings. The monoisotopic (exact) mass is 275 g/mol. The quantitative estimate of drug-likeness (QED) is 0.764. The van der Waals surface area contributed by atoms with Gasteiger partial charge in [-0.2, -0.15) is 0 Å². The fourth-order valence-electron chi connectivity index (χ4n) is 2.11. The summed E-state index contributed by atoms with van der Waals surface area (Å²) in [7, 11) is 0. The maximum atomic E-state index is 5.74. The minimum absolute atomic E-state index is 0.477. The van der Waals surface area contributed by atoms with Gasteiger partial charge in [0.25, 0.3) is 0 Å². The Morgan fingerprint density at radius 1 is 1.32 bits per heavy atom. The number of hydrogen-bond acceptors (Lipinski definition) is 4. The number of thiazole rings is 1. The topological polar surface area (TPSA) is 50.9 Å². The highest BCUT2D eigenvalue weighted by Gasteiger charge is 2.07. The van der Waals surface area contributed by atoms with Crippen LogP contribution < -0.4 is 11.1 Å². The Kier molecular flexibility index (Phi) is 5.51. The Labute approximate surface area is 118 Å². The molecule has 0 aliphatic carbocycles. The molecule has 0 spiro atoms. The second kappa shape index (κ2) is 7.38. The highest BCUT2D eigenvalue weighted by molar-refractivity contribution is 7.09. The molecule has 0 radical (unpaired) electrons. The van der Waals surface area contributed by atoms with Gasteiger partial charge >= 0.3 is 0 Å². The lowest BCUT2D eigenvalue weighted by Gasteiger charge is -2.11. The van der Waals surface area contributed by atoms with Crippen molar-refractivity contribution in [2.24, 2.45) is 5.73 Å². The second-order valence-corrected chi connectivity index (χ2v) is 5.62. The van der Waals surface area contributed by atoms with E-state index in [4.69, 9.17) is 5.73 Å². The largest absolute Gasteiger partial charge is 0.326 e. The van der Waals surface area contributed by atoms with Crippen LogP contribution in [-0.2, 0) is 13.0 Å². The molecule has 2 rings (SSSR count). The molecule has 3 nitrogen and oxygen atoms in total. The van der Waals surface area contributed by atoms with Crippen LogP contribution in [0.25, 0.3) is 0 Å². The first-order valence-electron chi connectivity index (χ1n) is 6.68. The number of nitrogens with one attached hydrogen (secondary N) is 1. The first-order valence-corrected chi connectivity index (χ1v) is 7.56. The predicted molar refractivity (Wildman–Crippen MR) is 81.4 cm³/mol. The zero-order chi connectivity index (χ0) is 13.5. The minimum Gasteiger partial charge on any atom is -0.326 e. The third kappa shape index (κ3) is 4.13. The summed E-state index contributed by atoms with van der Waals surface area (Å²) in [6.07, 6.45) is 2.89. The fraction of sp³-hybridized carbons (Fsp3) is 0.400. The molecule has 19 heavy (non-hydrogen) atoms. The van der Waals surface area contributed by atoms with E-state index in [1.165, 1.54) is 16.1 Å². The average Bonchev–Trinajstić information content (AvgIpc) is 2.98. The summed E-state index contributed by atoms with van der Waals surface area (Å²) in [5, 5.41) is 6.73. The molecule has 1 aromatic carbocycles. The zero-order valence-electron chi connectivity index (χ0n) is 11.3. The van der Waals surface area contributed by atoms with E-state index in [0.717, 1.165) is 19.5 Å². The number of rotatable bonds is 7. The van der Waals surface area contributed by atoms with Crippen LogP contribution in [0.2, 0.25) is 0 Å². The standard InChI is InChI=1S/C15H21N3S/c1-12(15-18-8-9-19-15)11-17-7-6-13-4-2-3-5-14(13)10-16/h2-5,8-9,12,17H,6-7,10-11,16H2,1H3. The van der Waals surface area contributed by atoms with Crippen molar-refractivity contribution in [3.05, 3.63) is 52.0 Å². The van der Waals surface area contributed by atoms with Gasteiger partial charge in [0.05, 0.1) is 5.01 Å². The van der Waals surface area contributed by atoms with Crippen LogP contribution in [0.3, 0.4) is 0 Å². The summed E-state index contributed by atoms with van der Waals surface area (Å²) < 4.78 is 0. The van der Waals surface area contributed by atoms with Crippen LogP contribution >= 0.6 is 11.3 Å². The van der Waals surface area contributed by atoms with E-state index in [9.17, 15) is 0 Å². The van der Waals surface area contributed by atoms with Crippen LogP contribution in [0.15, 0.2) is 35.8 Å². The Morgan fingerprint density at radius 3 is 2.79 bits per heavy atom. The van der Waals surface area contributed by atoms with Crippen molar-refractivity contribution < 1.29 is 0 Å². The lowest BCUT2D eigenvalue weighted by molar-refractivity contribution is 0.612. The van der Waals surface area contributed by atoms with Gasteiger partial charge in [0.1, 0.15) is 0 Å². The maximum Gasteiger partial charge on any atom is 0.0965 e. The smallest absolute Gasteiger partial charge is 0.0965 e. The van der Waals surface area contributed by atoms with Crippen LogP contribution in [0, 0.1) is 0 Å². The van der Waals surface area contributed by atoms with E-state index in [1.807, 2.05) is 17.6 Å². The van der Waals surface area contributed by atoms with E-state index >= 15 is 0 Å². The highest BCUT2D eigenvalue weighted by Crippen LogP contribution is 2.16. The van der Waals surface area contributed by atoms with Gasteiger partial charge in [-0.05, 0) is 24.1 Å². The predicted octanol–water partition coefficient (Wildman–Crippen LogP) is 2.54. The van der Waals surface area contributed by atoms with Crippen molar-refractivity contribution in [1.82, 2.24) is 10.3 Å². The number of nitrogens with zero attached hydrogens (tertiary/aromatic N) is 1. The van der Waals surface area contributed by atoms with Crippen molar-refractivity contribution in [1.29, 1.82) is 0 Å². The SMILES string of the molecule is CC(CNCCc1ccccc1CN)c1nccs1. The van der Waals surface area contributed by atoms with E-state index in [1.54, 1.807) is 11.3 Å². The molecule has 0 bridgehead atoms. The van der Waals surface area contributed by atoms with E-state index in [2.05, 4.69) is 35.4 Å². The van der Waals surface area contributed by atoms with E-state index in [0.29, 0.717) is 12.5 Å². The minimum atomic E-state index is 0.477. The summed E-state index contributed by atoms with van der Waals surface area (Å²) in [5.41, 5.74) is 8.33. The van der Waals surface area contributed by atoms with Gasteiger partial charge in [-0.1, -0.05) is 31.2 Å². The van der Waals surface area contributed by atoms with Gasteiger partial charge in [-0.25, -0.2) is 4.98 Å². The molecule has 4 heteroatoms. The summed E-state index contributed by atoms with van der Waals surface area (Å²) in [5.74, 6) is 0.477. The summed E-state index contributed by atoms with van der Waals surface area (Å²) >= 11 is 1.72. The second-order valence-electron chi connectivity index (χ2n) is 4.70. The lowest BCUT2D eigenvalue weighted by atomic mass is 10.0. The number of aromatic nitrogens is 1. The van der Waals surface area contributed by atoms with Crippen LogP contribution in [0.5, 0.6) is 0 Å². The molecule has 102 valence electrons. The van der Waals surface area contributed by atoms with Gasteiger partial charge in [0, 0.05) is 30.6 Å². The average molecular weight is 275 g/mol. The molecule has 3 N–H and O–H groups in total. The lowest BCUT2D eigenvalue weighted by Crippen LogP contribution is -2.23. The number of benzene rings is 1. The van der Waals surface area contributed by atoms with Gasteiger partial charge < -0.3 is 11.1 Å². The normalized spacial score (nSPS) is 12.5. The molecule has 0 saturated carbocycles. The van der Waals surface area contributed by atoms with E-state index in [-0.39, 0.29) is 0 Å². The van der Waals surface area contributed by atoms with Crippen LogP contribution in [-0.4, -0.2) is 18.1 Å². The van der Waals surface area contributed by atoms with Gasteiger partial charge in [-0.15, -0.1) is 11.3 Å². The van der Waals surface area contributed by atoms with Crippen LogP contribution in [0.1, 0.15) is 29.0 Å². The van der Waals surface area contributed by atoms with Gasteiger partial charge in [0.2, 0.25) is 0 Å². The third-order valence-electron chi connectivity index (χ3n) is 3.23. The highest BCUT2D eigenvalue weighted by atomic mass is 32.1. The maximum absolute atomic E-state index is 5.74. The number of nitrogens with two attached hydrogens (primary N) is 1. The molecule has 1 unspecified atom stereocenters. The molecule has 1 aromatic heterocycles. The molecular weight excluding hydrogens is 254 g/mol. The van der Waals surface area contributed by atoms with Crippen molar-refractivity contribution in [3.63, 3.8) is 0 Å². The van der Waals surface area contributed by atoms with Crippen LogP contribution in [0.4, 0.5) is 0 Å². The molecule has 0 aliphatic heterocycles. The first kappa shape index (κ1) is 14.2. The van der Waals surface area contributed by atoms with Gasteiger partial charge in [-0.3, -0.25) is 0 Å². The summed E-state index contributed by atoms with van der Waals surface area (Å²) in [6, 6.07) is 8.39. The molecule has 0 amide bonds. The third-order valence-corrected chi connectivity index (χ3v) is 4.24. The Balaban J connectivity index is 1.75. The summed E-state index contributed by atoms with van der Waals surface area (Å²) in [4.78, 5) is 4.34. The van der Waals surface area contributed by atoms with Gasteiger partial charge in [0.15, 0.2) is 0 Å². The molecule has 0 aliphatic rings. The summed E-state index contributed by atoms with van der Waals surface area (Å²) in [6.45, 7) is 4.77.